The van der Waals surface area contributed by atoms with Gasteiger partial charge in [0.2, 0.25) is 0 Å². The molecular formula is C12H11F2NO5. The van der Waals surface area contributed by atoms with Crippen molar-refractivity contribution in [1.29, 1.82) is 0 Å². The van der Waals surface area contributed by atoms with E-state index in [4.69, 9.17) is 10.2 Å². The van der Waals surface area contributed by atoms with E-state index in [0.717, 1.165) is 12.1 Å². The maximum absolute atomic E-state index is 13.3. The minimum atomic E-state index is -1.47. The molecule has 0 saturated heterocycles. The zero-order valence-electron chi connectivity index (χ0n) is 10.1. The Morgan fingerprint density at radius 3 is 2.35 bits per heavy atom. The van der Waals surface area contributed by atoms with E-state index in [-0.39, 0.29) is 6.42 Å². The molecule has 1 aromatic carbocycles. The van der Waals surface area contributed by atoms with Crippen molar-refractivity contribution in [2.75, 3.05) is 0 Å². The van der Waals surface area contributed by atoms with Crippen molar-refractivity contribution in [2.24, 2.45) is 0 Å². The van der Waals surface area contributed by atoms with Gasteiger partial charge < -0.3 is 15.5 Å². The molecule has 0 aliphatic heterocycles. The number of nitrogens with one attached hydrogen (secondary N) is 1. The summed E-state index contributed by atoms with van der Waals surface area (Å²) in [5, 5.41) is 19.3. The Bertz CT molecular complexity index is 547. The standard InChI is InChI=1S/C12H11F2NO5/c13-6-1-2-7(8(14)5-6)11(18)15-9(12(19)20)3-4-10(16)17/h1-2,5,9H,3-4H2,(H,15,18)(H,16,17)(H,19,20)/t9-/m0/s1. The molecule has 1 aromatic rings. The third kappa shape index (κ3) is 4.30. The zero-order valence-corrected chi connectivity index (χ0v) is 10.1. The quantitative estimate of drug-likeness (QED) is 0.724. The average Bonchev–Trinajstić information content (AvgIpc) is 2.33. The first-order valence-corrected chi connectivity index (χ1v) is 5.51. The van der Waals surface area contributed by atoms with E-state index >= 15 is 0 Å². The van der Waals surface area contributed by atoms with Gasteiger partial charge in [-0.2, -0.15) is 0 Å². The number of rotatable bonds is 6. The van der Waals surface area contributed by atoms with Crippen LogP contribution in [0, 0.1) is 11.6 Å². The van der Waals surface area contributed by atoms with Crippen LogP contribution < -0.4 is 5.32 Å². The van der Waals surface area contributed by atoms with Gasteiger partial charge in [0.15, 0.2) is 0 Å². The van der Waals surface area contributed by atoms with Gasteiger partial charge >= 0.3 is 11.9 Å². The van der Waals surface area contributed by atoms with Crippen LogP contribution in [0.15, 0.2) is 18.2 Å². The van der Waals surface area contributed by atoms with Crippen LogP contribution in [-0.4, -0.2) is 34.1 Å². The molecule has 1 rings (SSSR count). The van der Waals surface area contributed by atoms with Gasteiger partial charge in [-0.1, -0.05) is 0 Å². The van der Waals surface area contributed by atoms with Crippen molar-refractivity contribution >= 4 is 17.8 Å². The fourth-order valence-electron chi connectivity index (χ4n) is 1.43. The zero-order chi connectivity index (χ0) is 15.3. The monoisotopic (exact) mass is 287 g/mol. The van der Waals surface area contributed by atoms with Crippen LogP contribution in [0.5, 0.6) is 0 Å². The summed E-state index contributed by atoms with van der Waals surface area (Å²) in [6, 6.07) is 0.742. The highest BCUT2D eigenvalue weighted by molar-refractivity contribution is 5.96. The summed E-state index contributed by atoms with van der Waals surface area (Å²) >= 11 is 0. The van der Waals surface area contributed by atoms with Gasteiger partial charge in [-0.3, -0.25) is 9.59 Å². The average molecular weight is 287 g/mol. The molecule has 1 amide bonds. The Hall–Kier alpha value is -2.51. The van der Waals surface area contributed by atoms with Gasteiger partial charge in [0, 0.05) is 12.5 Å². The largest absolute Gasteiger partial charge is 0.481 e. The van der Waals surface area contributed by atoms with Gasteiger partial charge in [-0.15, -0.1) is 0 Å². The van der Waals surface area contributed by atoms with E-state index < -0.39 is 47.5 Å². The summed E-state index contributed by atoms with van der Waals surface area (Å²) in [6.45, 7) is 0. The first kappa shape index (κ1) is 15.5. The molecule has 0 aromatic heterocycles. The number of hydrogen-bond donors (Lipinski definition) is 3. The number of hydrogen-bond acceptors (Lipinski definition) is 3. The van der Waals surface area contributed by atoms with Crippen LogP contribution in [0.3, 0.4) is 0 Å². The molecular weight excluding hydrogens is 276 g/mol. The van der Waals surface area contributed by atoms with E-state index in [1.807, 2.05) is 5.32 Å². The molecule has 0 unspecified atom stereocenters. The Kier molecular flexibility index (Phi) is 5.13. The van der Waals surface area contributed by atoms with Crippen LogP contribution in [0.4, 0.5) is 8.78 Å². The Morgan fingerprint density at radius 2 is 1.85 bits per heavy atom. The van der Waals surface area contributed by atoms with Gasteiger partial charge in [0.25, 0.3) is 5.91 Å². The number of carboxylic acids is 2. The predicted octanol–water partition coefficient (Wildman–Crippen LogP) is 1.01. The number of carboxylic acid groups (broad SMARTS) is 2. The fraction of sp³-hybridized carbons (Fsp3) is 0.250. The second-order valence-electron chi connectivity index (χ2n) is 3.92. The maximum Gasteiger partial charge on any atom is 0.326 e. The van der Waals surface area contributed by atoms with E-state index in [1.54, 1.807) is 0 Å². The highest BCUT2D eigenvalue weighted by atomic mass is 19.1. The summed E-state index contributed by atoms with van der Waals surface area (Å²) in [6.07, 6.45) is -0.817. The molecule has 1 atom stereocenters. The molecule has 8 heteroatoms. The third-order valence-corrected chi connectivity index (χ3v) is 2.43. The second kappa shape index (κ2) is 6.60. The molecule has 0 bridgehead atoms. The van der Waals surface area contributed by atoms with Crippen molar-refractivity contribution < 1.29 is 33.4 Å². The topological polar surface area (TPSA) is 104 Å². The van der Waals surface area contributed by atoms with Crippen molar-refractivity contribution in [3.63, 3.8) is 0 Å². The second-order valence-corrected chi connectivity index (χ2v) is 3.92. The molecule has 0 saturated carbocycles. The van der Waals surface area contributed by atoms with Gasteiger partial charge in [0.05, 0.1) is 5.56 Å². The minimum absolute atomic E-state index is 0.348. The lowest BCUT2D eigenvalue weighted by atomic mass is 10.1. The molecule has 108 valence electrons. The molecule has 20 heavy (non-hydrogen) atoms. The number of aliphatic carboxylic acids is 2. The number of amides is 1. The van der Waals surface area contributed by atoms with Crippen LogP contribution in [-0.2, 0) is 9.59 Å². The van der Waals surface area contributed by atoms with Gasteiger partial charge in [0.1, 0.15) is 17.7 Å². The van der Waals surface area contributed by atoms with Crippen LogP contribution in [0.25, 0.3) is 0 Å². The van der Waals surface area contributed by atoms with Crippen LogP contribution in [0.2, 0.25) is 0 Å². The fourth-order valence-corrected chi connectivity index (χ4v) is 1.43. The number of benzene rings is 1. The van der Waals surface area contributed by atoms with Crippen molar-refractivity contribution in [2.45, 2.75) is 18.9 Å². The highest BCUT2D eigenvalue weighted by Gasteiger charge is 2.23. The van der Waals surface area contributed by atoms with Crippen LogP contribution in [0.1, 0.15) is 23.2 Å². The molecule has 0 aliphatic carbocycles. The Labute approximate surface area is 112 Å². The van der Waals surface area contributed by atoms with Crippen molar-refractivity contribution in [1.82, 2.24) is 5.32 Å². The highest BCUT2D eigenvalue weighted by Crippen LogP contribution is 2.10. The first-order chi connectivity index (χ1) is 9.31. The number of carbonyl (C=O) groups excluding carboxylic acids is 1. The summed E-state index contributed by atoms with van der Waals surface area (Å²) in [4.78, 5) is 32.9. The first-order valence-electron chi connectivity index (χ1n) is 5.51. The van der Waals surface area contributed by atoms with E-state index in [0.29, 0.717) is 6.07 Å². The lowest BCUT2D eigenvalue weighted by Crippen LogP contribution is -2.41. The molecule has 0 heterocycles. The summed E-state index contributed by atoms with van der Waals surface area (Å²) in [5.41, 5.74) is -0.520. The molecule has 6 nitrogen and oxygen atoms in total. The molecule has 0 spiro atoms. The summed E-state index contributed by atoms with van der Waals surface area (Å²) in [7, 11) is 0. The smallest absolute Gasteiger partial charge is 0.326 e. The lowest BCUT2D eigenvalue weighted by molar-refractivity contribution is -0.140. The van der Waals surface area contributed by atoms with Gasteiger partial charge in [-0.05, 0) is 18.6 Å². The number of halogens is 2. The van der Waals surface area contributed by atoms with Crippen LogP contribution >= 0.6 is 0 Å². The van der Waals surface area contributed by atoms with E-state index in [9.17, 15) is 23.2 Å². The normalized spacial score (nSPS) is 11.7. The lowest BCUT2D eigenvalue weighted by Gasteiger charge is -2.13. The van der Waals surface area contributed by atoms with E-state index in [2.05, 4.69) is 0 Å². The molecule has 0 aliphatic rings. The molecule has 0 fully saturated rings. The Morgan fingerprint density at radius 1 is 1.20 bits per heavy atom. The number of carbonyl (C=O) groups is 3. The van der Waals surface area contributed by atoms with E-state index in [1.165, 1.54) is 0 Å². The van der Waals surface area contributed by atoms with Crippen molar-refractivity contribution in [3.8, 4) is 0 Å². The molecule has 3 N–H and O–H groups in total. The van der Waals surface area contributed by atoms with Crippen molar-refractivity contribution in [3.05, 3.63) is 35.4 Å². The minimum Gasteiger partial charge on any atom is -0.481 e. The maximum atomic E-state index is 13.3. The Balaban J connectivity index is 2.80. The predicted molar refractivity (Wildman–Crippen MR) is 62.1 cm³/mol. The summed E-state index contributed by atoms with van der Waals surface area (Å²) in [5.74, 6) is -5.73. The molecule has 0 radical (unpaired) electrons. The van der Waals surface area contributed by atoms with Gasteiger partial charge in [-0.25, -0.2) is 13.6 Å². The summed E-state index contributed by atoms with van der Waals surface area (Å²) < 4.78 is 26.0. The third-order valence-electron chi connectivity index (χ3n) is 2.43. The SMILES string of the molecule is O=C(O)CC[C@H](NC(=O)c1ccc(F)cc1F)C(=O)O.